The molecule has 0 amide bonds. The summed E-state index contributed by atoms with van der Waals surface area (Å²) in [6.45, 7) is 8.12. The zero-order chi connectivity index (χ0) is 19.2. The maximum absolute atomic E-state index is 11.7. The normalized spacial score (nSPS) is 13.0. The van der Waals surface area contributed by atoms with E-state index in [-0.39, 0.29) is 24.0 Å². The summed E-state index contributed by atoms with van der Waals surface area (Å²) in [5.41, 5.74) is 1.74. The van der Waals surface area contributed by atoms with Crippen molar-refractivity contribution in [2.75, 3.05) is 19.3 Å². The van der Waals surface area contributed by atoms with Gasteiger partial charge < -0.3 is 10.6 Å². The molecule has 0 saturated carbocycles. The third kappa shape index (κ3) is 7.42. The van der Waals surface area contributed by atoms with E-state index < -0.39 is 9.84 Å². The molecule has 0 aliphatic carbocycles. The fourth-order valence-corrected chi connectivity index (χ4v) is 4.41. The van der Waals surface area contributed by atoms with Crippen LogP contribution in [0.2, 0.25) is 0 Å². The first kappa shape index (κ1) is 23.9. The van der Waals surface area contributed by atoms with Crippen LogP contribution in [-0.2, 0) is 16.4 Å². The lowest BCUT2D eigenvalue weighted by Crippen LogP contribution is -2.39. The molecule has 0 radical (unpaired) electrons. The first-order valence-electron chi connectivity index (χ1n) is 8.66. The monoisotopic (exact) mass is 521 g/mol. The molecule has 1 heterocycles. The van der Waals surface area contributed by atoms with Gasteiger partial charge in [-0.2, -0.15) is 0 Å². The summed E-state index contributed by atoms with van der Waals surface area (Å²) in [6, 6.07) is 9.59. The number of guanidine groups is 1. The molecule has 2 aromatic rings. The van der Waals surface area contributed by atoms with Gasteiger partial charge in [0.25, 0.3) is 0 Å². The molecule has 8 heteroatoms. The minimum Gasteiger partial charge on any atom is -0.357 e. The number of benzene rings is 1. The van der Waals surface area contributed by atoms with Crippen LogP contribution in [0, 0.1) is 6.92 Å². The Labute approximate surface area is 183 Å². The fourth-order valence-electron chi connectivity index (χ4n) is 2.66. The van der Waals surface area contributed by atoms with Crippen LogP contribution in [0.25, 0.3) is 0 Å². The first-order valence-corrected chi connectivity index (χ1v) is 11.4. The van der Waals surface area contributed by atoms with E-state index in [9.17, 15) is 8.42 Å². The Morgan fingerprint density at radius 3 is 2.56 bits per heavy atom. The van der Waals surface area contributed by atoms with Gasteiger partial charge in [0, 0.05) is 30.1 Å². The first-order chi connectivity index (χ1) is 12.3. The molecule has 1 aromatic heterocycles. The van der Waals surface area contributed by atoms with Gasteiger partial charge in [-0.3, -0.25) is 0 Å². The van der Waals surface area contributed by atoms with E-state index in [1.807, 2.05) is 26.0 Å². The number of nitrogens with one attached hydrogen (secondary N) is 2. The number of aryl methyl sites for hydroxylation is 1. The van der Waals surface area contributed by atoms with Crippen molar-refractivity contribution >= 4 is 51.1 Å². The maximum Gasteiger partial charge on any atom is 0.191 e. The molecule has 2 rings (SSSR count). The molecule has 0 aliphatic rings. The van der Waals surface area contributed by atoms with E-state index in [2.05, 4.69) is 40.1 Å². The Morgan fingerprint density at radius 1 is 1.26 bits per heavy atom. The lowest BCUT2D eigenvalue weighted by molar-refractivity contribution is 0.601. The van der Waals surface area contributed by atoms with Gasteiger partial charge in [0.1, 0.15) is 0 Å². The Balaban J connectivity index is 0.00000364. The average Bonchev–Trinajstić information content (AvgIpc) is 3.10. The summed E-state index contributed by atoms with van der Waals surface area (Å²) in [5, 5.41) is 8.72. The van der Waals surface area contributed by atoms with Gasteiger partial charge in [-0.15, -0.1) is 35.3 Å². The number of thiophene rings is 1. The molecule has 2 N–H and O–H groups in total. The van der Waals surface area contributed by atoms with Crippen molar-refractivity contribution in [2.45, 2.75) is 38.1 Å². The molecule has 0 fully saturated rings. The van der Waals surface area contributed by atoms with E-state index in [0.29, 0.717) is 17.4 Å². The second kappa shape index (κ2) is 11.0. The predicted octanol–water partition coefficient (Wildman–Crippen LogP) is 3.94. The van der Waals surface area contributed by atoms with Crippen LogP contribution >= 0.6 is 35.3 Å². The highest BCUT2D eigenvalue weighted by Gasteiger charge is 2.11. The Morgan fingerprint density at radius 2 is 2.00 bits per heavy atom. The van der Waals surface area contributed by atoms with E-state index in [1.165, 1.54) is 11.1 Å². The lowest BCUT2D eigenvalue weighted by atomic mass is 10.1. The van der Waals surface area contributed by atoms with Gasteiger partial charge in [0.05, 0.1) is 11.4 Å². The molecule has 150 valence electrons. The van der Waals surface area contributed by atoms with Gasteiger partial charge in [-0.25, -0.2) is 13.4 Å². The van der Waals surface area contributed by atoms with Crippen LogP contribution in [0.3, 0.4) is 0 Å². The summed E-state index contributed by atoms with van der Waals surface area (Å²) in [7, 11) is -3.19. The highest BCUT2D eigenvalue weighted by Crippen LogP contribution is 2.20. The van der Waals surface area contributed by atoms with Gasteiger partial charge in [0.2, 0.25) is 0 Å². The highest BCUT2D eigenvalue weighted by molar-refractivity contribution is 14.0. The molecule has 1 atom stereocenters. The maximum atomic E-state index is 11.7. The Kier molecular flexibility index (Phi) is 9.75. The third-order valence-corrected chi connectivity index (χ3v) is 6.37. The smallest absolute Gasteiger partial charge is 0.191 e. The van der Waals surface area contributed by atoms with E-state index >= 15 is 0 Å². The van der Waals surface area contributed by atoms with Crippen molar-refractivity contribution in [1.29, 1.82) is 0 Å². The van der Waals surface area contributed by atoms with Crippen LogP contribution in [0.1, 0.15) is 35.8 Å². The summed E-state index contributed by atoms with van der Waals surface area (Å²) < 4.78 is 23.4. The van der Waals surface area contributed by atoms with Crippen molar-refractivity contribution in [3.63, 3.8) is 0 Å². The fraction of sp³-hybridized carbons (Fsp3) is 0.421. The number of hydrogen-bond acceptors (Lipinski definition) is 4. The number of aliphatic imine (C=N–C) groups is 1. The lowest BCUT2D eigenvalue weighted by Gasteiger charge is -2.15. The molecular weight excluding hydrogens is 493 g/mol. The van der Waals surface area contributed by atoms with Crippen LogP contribution in [0.5, 0.6) is 0 Å². The van der Waals surface area contributed by atoms with Crippen molar-refractivity contribution in [2.24, 2.45) is 4.99 Å². The predicted molar refractivity (Wildman–Crippen MR) is 125 cm³/mol. The number of hydrogen-bond donors (Lipinski definition) is 2. The summed E-state index contributed by atoms with van der Waals surface area (Å²) in [4.78, 5) is 6.34. The molecule has 27 heavy (non-hydrogen) atoms. The second-order valence-electron chi connectivity index (χ2n) is 6.36. The summed E-state index contributed by atoms with van der Waals surface area (Å²) >= 11 is 1.76. The van der Waals surface area contributed by atoms with E-state index in [0.717, 1.165) is 30.2 Å². The largest absolute Gasteiger partial charge is 0.357 e. The van der Waals surface area contributed by atoms with Crippen LogP contribution in [-0.4, -0.2) is 33.7 Å². The molecule has 5 nitrogen and oxygen atoms in total. The Hall–Kier alpha value is -1.13. The van der Waals surface area contributed by atoms with Gasteiger partial charge in [0.15, 0.2) is 15.8 Å². The standard InChI is InChI=1S/C19H27N3O2S2.HI/c1-5-20-19(21-12-15(3)17-7-6-10-25-17)22-13-16-8-9-18(14(2)11-16)26(4,23)24;/h6-11,15H,5,12-13H2,1-4H3,(H2,20,21,22);1H. The second-order valence-corrected chi connectivity index (χ2v) is 9.33. The molecule has 0 aliphatic heterocycles. The van der Waals surface area contributed by atoms with Crippen molar-refractivity contribution in [3.8, 4) is 0 Å². The number of sulfone groups is 1. The number of halogens is 1. The van der Waals surface area contributed by atoms with Crippen LogP contribution in [0.4, 0.5) is 0 Å². The quantitative estimate of drug-likeness (QED) is 0.329. The third-order valence-electron chi connectivity index (χ3n) is 4.01. The average molecular weight is 521 g/mol. The zero-order valence-corrected chi connectivity index (χ0v) is 20.1. The van der Waals surface area contributed by atoms with E-state index in [1.54, 1.807) is 17.4 Å². The zero-order valence-electron chi connectivity index (χ0n) is 16.2. The van der Waals surface area contributed by atoms with Crippen molar-refractivity contribution < 1.29 is 8.42 Å². The Bertz CT molecular complexity index is 850. The SMILES string of the molecule is CCNC(=NCc1ccc(S(C)(=O)=O)c(C)c1)NCC(C)c1cccs1.I. The molecule has 0 bridgehead atoms. The van der Waals surface area contributed by atoms with Crippen LogP contribution in [0.15, 0.2) is 45.6 Å². The van der Waals surface area contributed by atoms with E-state index in [4.69, 9.17) is 0 Å². The minimum atomic E-state index is -3.19. The molecule has 0 saturated heterocycles. The van der Waals surface area contributed by atoms with Gasteiger partial charge in [-0.1, -0.05) is 25.1 Å². The highest BCUT2D eigenvalue weighted by atomic mass is 127. The molecule has 1 aromatic carbocycles. The summed E-state index contributed by atoms with van der Waals surface area (Å²) in [5.74, 6) is 1.18. The number of rotatable bonds is 7. The topological polar surface area (TPSA) is 70.6 Å². The van der Waals surface area contributed by atoms with Crippen molar-refractivity contribution in [3.05, 3.63) is 51.7 Å². The molecule has 1 unspecified atom stereocenters. The number of nitrogens with zero attached hydrogens (tertiary/aromatic N) is 1. The van der Waals surface area contributed by atoms with Gasteiger partial charge >= 0.3 is 0 Å². The van der Waals surface area contributed by atoms with Gasteiger partial charge in [-0.05, 0) is 42.5 Å². The minimum absolute atomic E-state index is 0. The molecular formula is C19H28IN3O2S2. The van der Waals surface area contributed by atoms with Crippen LogP contribution < -0.4 is 10.6 Å². The molecule has 0 spiro atoms. The summed E-state index contributed by atoms with van der Waals surface area (Å²) in [6.07, 6.45) is 1.23. The van der Waals surface area contributed by atoms with Crippen molar-refractivity contribution in [1.82, 2.24) is 10.6 Å².